The van der Waals surface area contributed by atoms with Crippen LogP contribution < -0.4 is 5.32 Å². The second kappa shape index (κ2) is 5.67. The van der Waals surface area contributed by atoms with Crippen molar-refractivity contribution < 1.29 is 23.1 Å². The minimum absolute atomic E-state index is 0.152. The second-order valence-corrected chi connectivity index (χ2v) is 4.28. The van der Waals surface area contributed by atoms with Gasteiger partial charge in [-0.1, -0.05) is 23.2 Å². The SMILES string of the molecule is O=C(O)C(CNc1cc(Cl)ccc1Cl)C(F)(F)F. The lowest BCUT2D eigenvalue weighted by molar-refractivity contribution is -0.190. The lowest BCUT2D eigenvalue weighted by Crippen LogP contribution is -2.36. The summed E-state index contributed by atoms with van der Waals surface area (Å²) < 4.78 is 37.1. The number of halogens is 5. The first-order valence-electron chi connectivity index (χ1n) is 4.70. The van der Waals surface area contributed by atoms with E-state index in [-0.39, 0.29) is 15.7 Å². The van der Waals surface area contributed by atoms with Gasteiger partial charge < -0.3 is 10.4 Å². The topological polar surface area (TPSA) is 49.3 Å². The van der Waals surface area contributed by atoms with Gasteiger partial charge in [0.15, 0.2) is 5.92 Å². The summed E-state index contributed by atoms with van der Waals surface area (Å²) >= 11 is 11.4. The molecular formula is C10H8Cl2F3NO2. The van der Waals surface area contributed by atoms with Crippen molar-refractivity contribution in [3.63, 3.8) is 0 Å². The summed E-state index contributed by atoms with van der Waals surface area (Å²) in [4.78, 5) is 10.5. The van der Waals surface area contributed by atoms with E-state index in [1.165, 1.54) is 18.2 Å². The fraction of sp³-hybridized carbons (Fsp3) is 0.300. The van der Waals surface area contributed by atoms with Gasteiger partial charge in [-0.05, 0) is 18.2 Å². The van der Waals surface area contributed by atoms with Crippen LogP contribution in [0.2, 0.25) is 10.0 Å². The zero-order valence-corrected chi connectivity index (χ0v) is 10.3. The van der Waals surface area contributed by atoms with Gasteiger partial charge >= 0.3 is 12.1 Å². The Kier molecular flexibility index (Phi) is 4.70. The molecule has 0 bridgehead atoms. The third-order valence-electron chi connectivity index (χ3n) is 2.12. The molecule has 1 aromatic carbocycles. The van der Waals surface area contributed by atoms with Crippen molar-refractivity contribution in [2.45, 2.75) is 6.18 Å². The summed E-state index contributed by atoms with van der Waals surface area (Å²) in [5.74, 6) is -4.46. The van der Waals surface area contributed by atoms with Crippen LogP contribution in [0.4, 0.5) is 18.9 Å². The molecule has 0 aliphatic heterocycles. The van der Waals surface area contributed by atoms with Crippen molar-refractivity contribution in [3.05, 3.63) is 28.2 Å². The molecule has 0 aliphatic carbocycles. The van der Waals surface area contributed by atoms with Gasteiger partial charge in [0.05, 0.1) is 10.7 Å². The standard InChI is InChI=1S/C10H8Cl2F3NO2/c11-5-1-2-7(12)8(3-5)16-4-6(9(17)18)10(13,14)15/h1-3,6,16H,4H2,(H,17,18). The van der Waals surface area contributed by atoms with E-state index < -0.39 is 24.6 Å². The van der Waals surface area contributed by atoms with E-state index in [1.54, 1.807) is 0 Å². The van der Waals surface area contributed by atoms with Crippen LogP contribution >= 0.6 is 23.2 Å². The van der Waals surface area contributed by atoms with E-state index in [0.717, 1.165) is 0 Å². The summed E-state index contributed by atoms with van der Waals surface area (Å²) in [6.45, 7) is -0.821. The quantitative estimate of drug-likeness (QED) is 0.892. The normalized spacial score (nSPS) is 13.2. The monoisotopic (exact) mass is 301 g/mol. The number of alkyl halides is 3. The maximum absolute atomic E-state index is 12.4. The maximum atomic E-state index is 12.4. The summed E-state index contributed by atoms with van der Waals surface area (Å²) in [5, 5.41) is 11.3. The highest BCUT2D eigenvalue weighted by Gasteiger charge is 2.44. The lowest BCUT2D eigenvalue weighted by Gasteiger charge is -2.17. The lowest BCUT2D eigenvalue weighted by atomic mass is 10.1. The highest BCUT2D eigenvalue weighted by atomic mass is 35.5. The van der Waals surface area contributed by atoms with Crippen molar-refractivity contribution in [2.75, 3.05) is 11.9 Å². The van der Waals surface area contributed by atoms with Gasteiger partial charge in [-0.3, -0.25) is 4.79 Å². The molecule has 1 atom stereocenters. The number of carboxylic acid groups (broad SMARTS) is 1. The predicted octanol–water partition coefficient (Wildman–Crippen LogP) is 3.67. The fourth-order valence-electron chi connectivity index (χ4n) is 1.19. The summed E-state index contributed by atoms with van der Waals surface area (Å²) in [6.07, 6.45) is -4.83. The molecule has 100 valence electrons. The van der Waals surface area contributed by atoms with Gasteiger partial charge in [-0.15, -0.1) is 0 Å². The van der Waals surface area contributed by atoms with Crippen LogP contribution in [-0.2, 0) is 4.79 Å². The molecule has 0 heterocycles. The van der Waals surface area contributed by atoms with E-state index in [9.17, 15) is 18.0 Å². The Hall–Kier alpha value is -1.14. The molecule has 8 heteroatoms. The van der Waals surface area contributed by atoms with Crippen molar-refractivity contribution in [1.82, 2.24) is 0 Å². The van der Waals surface area contributed by atoms with Crippen LogP contribution in [0.5, 0.6) is 0 Å². The third kappa shape index (κ3) is 3.96. The number of hydrogen-bond acceptors (Lipinski definition) is 2. The third-order valence-corrected chi connectivity index (χ3v) is 2.68. The molecule has 0 saturated carbocycles. The van der Waals surface area contributed by atoms with Crippen molar-refractivity contribution in [2.24, 2.45) is 5.92 Å². The minimum atomic E-state index is -4.83. The van der Waals surface area contributed by atoms with Crippen LogP contribution in [0.25, 0.3) is 0 Å². The van der Waals surface area contributed by atoms with Crippen molar-refractivity contribution in [3.8, 4) is 0 Å². The number of hydrogen-bond donors (Lipinski definition) is 2. The molecule has 0 saturated heterocycles. The molecule has 0 fully saturated rings. The first kappa shape index (κ1) is 14.9. The number of rotatable bonds is 4. The molecule has 0 aliphatic rings. The number of carboxylic acids is 1. The largest absolute Gasteiger partial charge is 0.481 e. The number of aliphatic carboxylic acids is 1. The average molecular weight is 302 g/mol. The second-order valence-electron chi connectivity index (χ2n) is 3.44. The van der Waals surface area contributed by atoms with Gasteiger partial charge in [0.1, 0.15) is 0 Å². The van der Waals surface area contributed by atoms with Crippen LogP contribution in [-0.4, -0.2) is 23.8 Å². The van der Waals surface area contributed by atoms with Gasteiger partial charge in [0.2, 0.25) is 0 Å². The highest BCUT2D eigenvalue weighted by molar-refractivity contribution is 6.35. The Bertz CT molecular complexity index is 451. The Balaban J connectivity index is 2.79. The molecule has 0 spiro atoms. The predicted molar refractivity (Wildman–Crippen MR) is 62.1 cm³/mol. The van der Waals surface area contributed by atoms with Crippen LogP contribution in [0.3, 0.4) is 0 Å². The summed E-state index contributed by atoms with van der Waals surface area (Å²) in [7, 11) is 0. The Labute approximate surface area is 110 Å². The molecule has 1 unspecified atom stereocenters. The summed E-state index contributed by atoms with van der Waals surface area (Å²) in [5.41, 5.74) is 0.152. The van der Waals surface area contributed by atoms with E-state index in [1.807, 2.05) is 0 Å². The molecule has 0 aromatic heterocycles. The Morgan fingerprint density at radius 3 is 2.50 bits per heavy atom. The molecule has 1 rings (SSSR count). The molecule has 2 N–H and O–H groups in total. The average Bonchev–Trinajstić information content (AvgIpc) is 2.20. The van der Waals surface area contributed by atoms with E-state index in [2.05, 4.69) is 5.32 Å². The molecule has 18 heavy (non-hydrogen) atoms. The van der Waals surface area contributed by atoms with Crippen LogP contribution in [0.15, 0.2) is 18.2 Å². The number of nitrogens with one attached hydrogen (secondary N) is 1. The van der Waals surface area contributed by atoms with Gasteiger partial charge in [-0.2, -0.15) is 13.2 Å². The Morgan fingerprint density at radius 1 is 1.39 bits per heavy atom. The van der Waals surface area contributed by atoms with Crippen molar-refractivity contribution in [1.29, 1.82) is 0 Å². The van der Waals surface area contributed by atoms with Gasteiger partial charge in [0.25, 0.3) is 0 Å². The van der Waals surface area contributed by atoms with Crippen molar-refractivity contribution >= 4 is 34.9 Å². The first-order chi connectivity index (χ1) is 8.21. The molecule has 3 nitrogen and oxygen atoms in total. The number of carbonyl (C=O) groups is 1. The fourth-order valence-corrected chi connectivity index (χ4v) is 1.54. The van der Waals surface area contributed by atoms with Crippen LogP contribution in [0, 0.1) is 5.92 Å². The molecule has 1 aromatic rings. The highest BCUT2D eigenvalue weighted by Crippen LogP contribution is 2.29. The summed E-state index contributed by atoms with van der Waals surface area (Å²) in [6, 6.07) is 4.18. The Morgan fingerprint density at radius 2 is 2.00 bits per heavy atom. The van der Waals surface area contributed by atoms with E-state index in [4.69, 9.17) is 28.3 Å². The van der Waals surface area contributed by atoms with Gasteiger partial charge in [0, 0.05) is 11.6 Å². The zero-order valence-electron chi connectivity index (χ0n) is 8.76. The van der Waals surface area contributed by atoms with Gasteiger partial charge in [-0.25, -0.2) is 0 Å². The zero-order chi connectivity index (χ0) is 13.9. The maximum Gasteiger partial charge on any atom is 0.403 e. The number of anilines is 1. The molecule has 0 amide bonds. The smallest absolute Gasteiger partial charge is 0.403 e. The van der Waals surface area contributed by atoms with E-state index in [0.29, 0.717) is 0 Å². The molecular weight excluding hydrogens is 294 g/mol. The number of benzene rings is 1. The van der Waals surface area contributed by atoms with Crippen LogP contribution in [0.1, 0.15) is 0 Å². The molecule has 0 radical (unpaired) electrons. The van der Waals surface area contributed by atoms with E-state index >= 15 is 0 Å². The first-order valence-corrected chi connectivity index (χ1v) is 5.46. The minimum Gasteiger partial charge on any atom is -0.481 e.